The topological polar surface area (TPSA) is 90.9 Å². The minimum absolute atomic E-state index is 0.0685. The number of carbonyl (C=O) groups is 3. The average molecular weight is 370 g/mol. The maximum atomic E-state index is 12.3. The Balaban J connectivity index is 1.51. The van der Waals surface area contributed by atoms with E-state index in [4.69, 9.17) is 0 Å². The predicted octanol–water partition coefficient (Wildman–Crippen LogP) is 1.73. The molecular weight excluding hydrogens is 344 g/mol. The Kier molecular flexibility index (Phi) is 6.57. The highest BCUT2D eigenvalue weighted by Gasteiger charge is 2.25. The molecular formula is C20H26N4O3. The van der Waals surface area contributed by atoms with Crippen molar-refractivity contribution in [3.8, 4) is 0 Å². The van der Waals surface area contributed by atoms with Crippen molar-refractivity contribution in [3.05, 3.63) is 35.9 Å². The van der Waals surface area contributed by atoms with Crippen LogP contribution >= 0.6 is 0 Å². The summed E-state index contributed by atoms with van der Waals surface area (Å²) in [5.41, 5.74) is 1.24. The summed E-state index contributed by atoms with van der Waals surface area (Å²) in [6.07, 6.45) is 6.04. The zero-order valence-electron chi connectivity index (χ0n) is 15.4. The summed E-state index contributed by atoms with van der Waals surface area (Å²) in [4.78, 5) is 36.4. The molecule has 3 amide bonds. The molecule has 1 aliphatic carbocycles. The van der Waals surface area contributed by atoms with E-state index in [0.29, 0.717) is 13.0 Å². The Bertz CT molecular complexity index is 711. The quantitative estimate of drug-likeness (QED) is 0.799. The lowest BCUT2D eigenvalue weighted by atomic mass is 9.95. The van der Waals surface area contributed by atoms with Gasteiger partial charge in [-0.05, 0) is 18.4 Å². The summed E-state index contributed by atoms with van der Waals surface area (Å²) in [6.45, 7) is 0.263. The molecule has 27 heavy (non-hydrogen) atoms. The van der Waals surface area contributed by atoms with E-state index in [9.17, 15) is 14.4 Å². The third-order valence-corrected chi connectivity index (χ3v) is 4.92. The first-order valence-electron chi connectivity index (χ1n) is 9.61. The van der Waals surface area contributed by atoms with Gasteiger partial charge in [0.15, 0.2) is 0 Å². The van der Waals surface area contributed by atoms with E-state index in [1.54, 1.807) is 0 Å². The van der Waals surface area contributed by atoms with Crippen LogP contribution in [0.3, 0.4) is 0 Å². The fourth-order valence-corrected chi connectivity index (χ4v) is 3.43. The van der Waals surface area contributed by atoms with E-state index in [-0.39, 0.29) is 42.4 Å². The molecule has 1 aliphatic heterocycles. The van der Waals surface area contributed by atoms with Crippen LogP contribution < -0.4 is 10.6 Å². The second kappa shape index (κ2) is 9.30. The van der Waals surface area contributed by atoms with E-state index >= 15 is 0 Å². The van der Waals surface area contributed by atoms with Crippen molar-refractivity contribution < 1.29 is 14.4 Å². The molecule has 0 unspecified atom stereocenters. The Morgan fingerprint density at radius 2 is 1.81 bits per heavy atom. The zero-order valence-corrected chi connectivity index (χ0v) is 15.4. The Hall–Kier alpha value is -2.70. The van der Waals surface area contributed by atoms with Gasteiger partial charge in [0, 0.05) is 18.9 Å². The zero-order chi connectivity index (χ0) is 19.1. The van der Waals surface area contributed by atoms with Crippen LogP contribution in [0.1, 0.15) is 50.5 Å². The summed E-state index contributed by atoms with van der Waals surface area (Å²) < 4.78 is 0. The van der Waals surface area contributed by atoms with Crippen LogP contribution in [-0.2, 0) is 20.9 Å². The van der Waals surface area contributed by atoms with Crippen molar-refractivity contribution >= 4 is 23.4 Å². The Labute approximate surface area is 159 Å². The van der Waals surface area contributed by atoms with Gasteiger partial charge in [0.1, 0.15) is 5.71 Å². The molecule has 0 saturated heterocycles. The minimum atomic E-state index is -0.389. The van der Waals surface area contributed by atoms with Crippen LogP contribution in [0.2, 0.25) is 0 Å². The normalized spacial score (nSPS) is 18.0. The van der Waals surface area contributed by atoms with Crippen molar-refractivity contribution in [2.45, 2.75) is 57.5 Å². The Morgan fingerprint density at radius 1 is 1.07 bits per heavy atom. The maximum Gasteiger partial charge on any atom is 0.267 e. The van der Waals surface area contributed by atoms with E-state index < -0.39 is 0 Å². The summed E-state index contributed by atoms with van der Waals surface area (Å²) in [6, 6.07) is 9.73. The van der Waals surface area contributed by atoms with Gasteiger partial charge in [0.05, 0.1) is 13.1 Å². The molecule has 7 nitrogen and oxygen atoms in total. The number of rotatable bonds is 6. The fourth-order valence-electron chi connectivity index (χ4n) is 3.43. The first-order valence-corrected chi connectivity index (χ1v) is 9.61. The minimum Gasteiger partial charge on any atom is -0.352 e. The standard InChI is InChI=1S/C20H26N4O3/c25-18(22-16-9-5-2-6-10-16)13-21-20(27)17-11-12-19(26)24(23-17)14-15-7-3-1-4-8-15/h1,3-4,7-8,16H,2,5-6,9-14H2,(H,21,27)(H,22,25). The third-order valence-electron chi connectivity index (χ3n) is 4.92. The van der Waals surface area contributed by atoms with Crippen molar-refractivity contribution in [2.75, 3.05) is 6.54 Å². The average Bonchev–Trinajstić information content (AvgIpc) is 2.69. The van der Waals surface area contributed by atoms with Crippen LogP contribution in [0, 0.1) is 0 Å². The molecule has 2 N–H and O–H groups in total. The fraction of sp³-hybridized carbons (Fsp3) is 0.500. The van der Waals surface area contributed by atoms with E-state index in [1.807, 2.05) is 30.3 Å². The molecule has 1 heterocycles. The van der Waals surface area contributed by atoms with Crippen LogP contribution in [0.15, 0.2) is 35.4 Å². The highest BCUT2D eigenvalue weighted by Crippen LogP contribution is 2.17. The molecule has 3 rings (SSSR count). The number of hydrogen-bond acceptors (Lipinski definition) is 4. The molecule has 1 aromatic rings. The summed E-state index contributed by atoms with van der Waals surface area (Å²) in [5.74, 6) is -0.673. The van der Waals surface area contributed by atoms with Crippen molar-refractivity contribution in [2.24, 2.45) is 5.10 Å². The van der Waals surface area contributed by atoms with Crippen LogP contribution in [0.5, 0.6) is 0 Å². The van der Waals surface area contributed by atoms with Gasteiger partial charge in [0.2, 0.25) is 11.8 Å². The van der Waals surface area contributed by atoms with Crippen molar-refractivity contribution in [1.29, 1.82) is 0 Å². The second-order valence-corrected chi connectivity index (χ2v) is 7.07. The van der Waals surface area contributed by atoms with Crippen molar-refractivity contribution in [3.63, 3.8) is 0 Å². The van der Waals surface area contributed by atoms with Gasteiger partial charge in [0.25, 0.3) is 5.91 Å². The first-order chi connectivity index (χ1) is 13.1. The van der Waals surface area contributed by atoms with Crippen molar-refractivity contribution in [1.82, 2.24) is 15.6 Å². The molecule has 144 valence electrons. The molecule has 7 heteroatoms. The molecule has 1 aromatic carbocycles. The largest absolute Gasteiger partial charge is 0.352 e. The first kappa shape index (κ1) is 19.1. The number of nitrogens with zero attached hydrogens (tertiary/aromatic N) is 2. The molecule has 1 fully saturated rings. The lowest BCUT2D eigenvalue weighted by Crippen LogP contribution is -2.45. The van der Waals surface area contributed by atoms with E-state index in [1.165, 1.54) is 11.4 Å². The van der Waals surface area contributed by atoms with Crippen LogP contribution in [0.25, 0.3) is 0 Å². The van der Waals surface area contributed by atoms with Gasteiger partial charge in [-0.25, -0.2) is 5.01 Å². The summed E-state index contributed by atoms with van der Waals surface area (Å²) in [5, 5.41) is 11.1. The van der Waals surface area contributed by atoms with Gasteiger partial charge >= 0.3 is 0 Å². The number of amides is 3. The lowest BCUT2D eigenvalue weighted by molar-refractivity contribution is -0.132. The number of hydrazone groups is 1. The van der Waals surface area contributed by atoms with Gasteiger partial charge in [-0.15, -0.1) is 0 Å². The van der Waals surface area contributed by atoms with E-state index in [2.05, 4.69) is 15.7 Å². The molecule has 0 atom stereocenters. The third kappa shape index (κ3) is 5.64. The smallest absolute Gasteiger partial charge is 0.267 e. The van der Waals surface area contributed by atoms with Gasteiger partial charge in [-0.2, -0.15) is 5.10 Å². The monoisotopic (exact) mass is 370 g/mol. The summed E-state index contributed by atoms with van der Waals surface area (Å²) >= 11 is 0. The summed E-state index contributed by atoms with van der Waals surface area (Å²) in [7, 11) is 0. The highest BCUT2D eigenvalue weighted by molar-refractivity contribution is 6.39. The Morgan fingerprint density at radius 3 is 2.56 bits per heavy atom. The van der Waals surface area contributed by atoms with Gasteiger partial charge < -0.3 is 10.6 Å². The number of hydrogen-bond donors (Lipinski definition) is 2. The molecule has 0 aromatic heterocycles. The van der Waals surface area contributed by atoms with Crippen LogP contribution in [-0.4, -0.2) is 41.0 Å². The second-order valence-electron chi connectivity index (χ2n) is 7.07. The maximum absolute atomic E-state index is 12.3. The van der Waals surface area contributed by atoms with Gasteiger partial charge in [-0.1, -0.05) is 49.6 Å². The van der Waals surface area contributed by atoms with Crippen LogP contribution in [0.4, 0.5) is 0 Å². The molecule has 0 radical (unpaired) electrons. The molecule has 0 spiro atoms. The van der Waals surface area contributed by atoms with Gasteiger partial charge in [-0.3, -0.25) is 14.4 Å². The number of carbonyl (C=O) groups excluding carboxylic acids is 3. The molecule has 0 bridgehead atoms. The number of benzene rings is 1. The SMILES string of the molecule is O=C(CNC(=O)C1=NN(Cc2ccccc2)C(=O)CC1)NC1CCCCC1. The number of nitrogens with one attached hydrogen (secondary N) is 2. The van der Waals surface area contributed by atoms with E-state index in [0.717, 1.165) is 31.2 Å². The molecule has 1 saturated carbocycles. The highest BCUT2D eigenvalue weighted by atomic mass is 16.2. The molecule has 2 aliphatic rings. The lowest BCUT2D eigenvalue weighted by Gasteiger charge is -2.24. The predicted molar refractivity (Wildman–Crippen MR) is 102 cm³/mol.